The van der Waals surface area contributed by atoms with Gasteiger partial charge in [0, 0.05) is 24.2 Å². The van der Waals surface area contributed by atoms with Gasteiger partial charge in [0.05, 0.1) is 0 Å². The predicted octanol–water partition coefficient (Wildman–Crippen LogP) is 1.59. The Morgan fingerprint density at radius 1 is 1.06 bits per heavy atom. The summed E-state index contributed by atoms with van der Waals surface area (Å²) in [5.41, 5.74) is 6.02. The molecule has 0 aromatic rings. The Labute approximate surface area is 103 Å². The minimum atomic E-state index is 0.177. The molecule has 4 nitrogen and oxygen atoms in total. The molecule has 2 unspecified atom stereocenters. The van der Waals surface area contributed by atoms with Crippen molar-refractivity contribution in [3.8, 4) is 0 Å². The van der Waals surface area contributed by atoms with Crippen LogP contribution in [0.4, 0.5) is 4.79 Å². The third kappa shape index (κ3) is 2.15. The molecule has 0 aromatic heterocycles. The number of nitrogens with one attached hydrogen (secondary N) is 1. The van der Waals surface area contributed by atoms with E-state index in [1.54, 1.807) is 0 Å². The molecule has 3 N–H and O–H groups in total. The van der Waals surface area contributed by atoms with Gasteiger partial charge in [-0.25, -0.2) is 4.79 Å². The molecule has 2 bridgehead atoms. The molecule has 0 spiro atoms. The highest BCUT2D eigenvalue weighted by molar-refractivity contribution is 5.75. The molecular weight excluding hydrogens is 214 g/mol. The number of piperidine rings is 1. The molecule has 96 valence electrons. The Morgan fingerprint density at radius 3 is 2.24 bits per heavy atom. The Hall–Kier alpha value is -0.770. The van der Waals surface area contributed by atoms with E-state index in [9.17, 15) is 4.79 Å². The number of urea groups is 1. The first-order valence-corrected chi connectivity index (χ1v) is 7.08. The van der Waals surface area contributed by atoms with Gasteiger partial charge in [0.1, 0.15) is 0 Å². The molecule has 1 aliphatic carbocycles. The number of amides is 2. The Balaban J connectivity index is 1.62. The smallest absolute Gasteiger partial charge is 0.318 e. The maximum absolute atomic E-state index is 12.3. The molecule has 3 aliphatic rings. The summed E-state index contributed by atoms with van der Waals surface area (Å²) in [4.78, 5) is 14.4. The Morgan fingerprint density at radius 2 is 1.65 bits per heavy atom. The highest BCUT2D eigenvalue weighted by Gasteiger charge is 2.42. The highest BCUT2D eigenvalue weighted by atomic mass is 16.2. The van der Waals surface area contributed by atoms with Crippen molar-refractivity contribution in [2.24, 2.45) is 5.73 Å². The van der Waals surface area contributed by atoms with E-state index in [0.717, 1.165) is 38.5 Å². The molecule has 1 saturated carbocycles. The predicted molar refractivity (Wildman–Crippen MR) is 66.6 cm³/mol. The minimum absolute atomic E-state index is 0.177. The summed E-state index contributed by atoms with van der Waals surface area (Å²) in [6, 6.07) is 1.73. The number of rotatable bonds is 1. The first-order chi connectivity index (χ1) is 8.24. The average Bonchev–Trinajstić information content (AvgIpc) is 2.86. The molecular formula is C13H23N3O. The van der Waals surface area contributed by atoms with E-state index in [0.29, 0.717) is 24.2 Å². The van der Waals surface area contributed by atoms with Gasteiger partial charge in [-0.1, -0.05) is 12.8 Å². The monoisotopic (exact) mass is 237 g/mol. The fourth-order valence-electron chi connectivity index (χ4n) is 3.87. The molecule has 3 rings (SSSR count). The van der Waals surface area contributed by atoms with Gasteiger partial charge in [0.15, 0.2) is 0 Å². The van der Waals surface area contributed by atoms with Gasteiger partial charge < -0.3 is 16.0 Å². The molecule has 4 heteroatoms. The largest absolute Gasteiger partial charge is 0.335 e. The van der Waals surface area contributed by atoms with E-state index >= 15 is 0 Å². The van der Waals surface area contributed by atoms with E-state index in [1.807, 2.05) is 0 Å². The maximum atomic E-state index is 12.3. The highest BCUT2D eigenvalue weighted by Crippen LogP contribution is 2.35. The molecule has 2 atom stereocenters. The van der Waals surface area contributed by atoms with Gasteiger partial charge >= 0.3 is 6.03 Å². The zero-order valence-corrected chi connectivity index (χ0v) is 10.4. The summed E-state index contributed by atoms with van der Waals surface area (Å²) in [6.07, 6.45) is 9.14. The van der Waals surface area contributed by atoms with Crippen LogP contribution in [0.2, 0.25) is 0 Å². The van der Waals surface area contributed by atoms with Crippen LogP contribution in [0.5, 0.6) is 0 Å². The third-order valence-electron chi connectivity index (χ3n) is 4.69. The second-order valence-electron chi connectivity index (χ2n) is 5.95. The van der Waals surface area contributed by atoms with Crippen LogP contribution in [0, 0.1) is 0 Å². The van der Waals surface area contributed by atoms with Gasteiger partial charge in [-0.3, -0.25) is 0 Å². The second-order valence-corrected chi connectivity index (χ2v) is 5.95. The van der Waals surface area contributed by atoms with E-state index in [1.165, 1.54) is 12.8 Å². The summed E-state index contributed by atoms with van der Waals surface area (Å²) >= 11 is 0. The minimum Gasteiger partial charge on any atom is -0.335 e. The van der Waals surface area contributed by atoms with Gasteiger partial charge in [-0.15, -0.1) is 0 Å². The molecule has 3 fully saturated rings. The second kappa shape index (κ2) is 4.48. The van der Waals surface area contributed by atoms with Crippen LogP contribution >= 0.6 is 0 Å². The van der Waals surface area contributed by atoms with Crippen molar-refractivity contribution < 1.29 is 4.79 Å². The van der Waals surface area contributed by atoms with Crippen LogP contribution < -0.4 is 11.1 Å². The topological polar surface area (TPSA) is 58.4 Å². The van der Waals surface area contributed by atoms with Crippen LogP contribution in [0.15, 0.2) is 0 Å². The number of hydrogen-bond acceptors (Lipinski definition) is 2. The molecule has 0 radical (unpaired) electrons. The number of hydrogen-bond donors (Lipinski definition) is 2. The number of nitrogens with two attached hydrogens (primary N) is 1. The first kappa shape index (κ1) is 11.3. The van der Waals surface area contributed by atoms with Gasteiger partial charge in [-0.05, 0) is 38.5 Å². The molecule has 0 aromatic carbocycles. The summed E-state index contributed by atoms with van der Waals surface area (Å²) in [7, 11) is 0. The Kier molecular flexibility index (Phi) is 2.99. The van der Waals surface area contributed by atoms with E-state index in [4.69, 9.17) is 5.73 Å². The number of carbonyl (C=O) groups excluding carboxylic acids is 1. The van der Waals surface area contributed by atoms with Crippen molar-refractivity contribution in [1.29, 1.82) is 0 Å². The third-order valence-corrected chi connectivity index (χ3v) is 4.69. The zero-order valence-electron chi connectivity index (χ0n) is 10.4. The maximum Gasteiger partial charge on any atom is 0.318 e. The molecule has 17 heavy (non-hydrogen) atoms. The van der Waals surface area contributed by atoms with E-state index < -0.39 is 0 Å². The summed E-state index contributed by atoms with van der Waals surface area (Å²) in [5, 5.41) is 3.21. The van der Waals surface area contributed by atoms with Gasteiger partial charge in [0.2, 0.25) is 0 Å². The number of fused-ring (bicyclic) bond motifs is 2. The average molecular weight is 237 g/mol. The summed E-state index contributed by atoms with van der Waals surface area (Å²) < 4.78 is 0. The quantitative estimate of drug-likeness (QED) is 0.727. The SMILES string of the molecule is NC1CC2CCC(C1)N2C(=O)NC1CCCC1. The van der Waals surface area contributed by atoms with E-state index in [-0.39, 0.29) is 6.03 Å². The lowest BCUT2D eigenvalue weighted by atomic mass is 9.98. The van der Waals surface area contributed by atoms with Gasteiger partial charge in [-0.2, -0.15) is 0 Å². The van der Waals surface area contributed by atoms with Crippen molar-refractivity contribution in [2.45, 2.75) is 75.5 Å². The molecule has 2 amide bonds. The van der Waals surface area contributed by atoms with Crippen LogP contribution in [-0.2, 0) is 0 Å². The fourth-order valence-corrected chi connectivity index (χ4v) is 3.87. The van der Waals surface area contributed by atoms with Crippen molar-refractivity contribution in [3.63, 3.8) is 0 Å². The normalized spacial score (nSPS) is 37.5. The van der Waals surface area contributed by atoms with Crippen LogP contribution in [0.3, 0.4) is 0 Å². The number of nitrogens with zero attached hydrogens (tertiary/aromatic N) is 1. The fraction of sp³-hybridized carbons (Fsp3) is 0.923. The Bertz CT molecular complexity index is 287. The lowest BCUT2D eigenvalue weighted by Crippen LogP contribution is -2.54. The van der Waals surface area contributed by atoms with Gasteiger partial charge in [0.25, 0.3) is 0 Å². The first-order valence-electron chi connectivity index (χ1n) is 7.08. The standard InChI is InChI=1S/C13H23N3O/c14-9-7-11-5-6-12(8-9)16(11)13(17)15-10-3-1-2-4-10/h9-12H,1-8,14H2,(H,15,17). The van der Waals surface area contributed by atoms with Crippen molar-refractivity contribution in [2.75, 3.05) is 0 Å². The lowest BCUT2D eigenvalue weighted by molar-refractivity contribution is 0.136. The summed E-state index contributed by atoms with van der Waals surface area (Å²) in [6.45, 7) is 0. The van der Waals surface area contributed by atoms with Crippen molar-refractivity contribution >= 4 is 6.03 Å². The van der Waals surface area contributed by atoms with Crippen LogP contribution in [0.1, 0.15) is 51.4 Å². The molecule has 2 aliphatic heterocycles. The van der Waals surface area contributed by atoms with E-state index in [2.05, 4.69) is 10.2 Å². The molecule has 2 heterocycles. The van der Waals surface area contributed by atoms with Crippen LogP contribution in [0.25, 0.3) is 0 Å². The van der Waals surface area contributed by atoms with Crippen molar-refractivity contribution in [3.05, 3.63) is 0 Å². The molecule has 2 saturated heterocycles. The van der Waals surface area contributed by atoms with Crippen molar-refractivity contribution in [1.82, 2.24) is 10.2 Å². The lowest BCUT2D eigenvalue weighted by Gasteiger charge is -2.38. The number of carbonyl (C=O) groups is 1. The van der Waals surface area contributed by atoms with Crippen LogP contribution in [-0.4, -0.2) is 35.1 Å². The zero-order chi connectivity index (χ0) is 11.8. The summed E-state index contributed by atoms with van der Waals surface area (Å²) in [5.74, 6) is 0.